The summed E-state index contributed by atoms with van der Waals surface area (Å²) in [5, 5.41) is 2.66. The van der Waals surface area contributed by atoms with Crippen LogP contribution in [0.15, 0.2) is 24.3 Å². The van der Waals surface area contributed by atoms with Crippen LogP contribution in [0.5, 0.6) is 11.5 Å². The van der Waals surface area contributed by atoms with E-state index in [1.165, 1.54) is 0 Å². The van der Waals surface area contributed by atoms with Gasteiger partial charge in [-0.1, -0.05) is 6.92 Å². The lowest BCUT2D eigenvalue weighted by molar-refractivity contribution is -0.134. The standard InChI is InChI=1S/C17H26N2O4/c1-5-16(20)18-13(2)17(21)19(3)11-6-12-23-15-9-7-14(22-4)8-10-15/h7-10,13H,5-6,11-12H2,1-4H3,(H,18,20). The van der Waals surface area contributed by atoms with Gasteiger partial charge in [0.15, 0.2) is 0 Å². The lowest BCUT2D eigenvalue weighted by Crippen LogP contribution is -2.45. The van der Waals surface area contributed by atoms with Crippen LogP contribution < -0.4 is 14.8 Å². The van der Waals surface area contributed by atoms with Gasteiger partial charge in [0.25, 0.3) is 0 Å². The molecule has 23 heavy (non-hydrogen) atoms. The summed E-state index contributed by atoms with van der Waals surface area (Å²) in [4.78, 5) is 25.0. The summed E-state index contributed by atoms with van der Waals surface area (Å²) < 4.78 is 10.7. The number of carbonyl (C=O) groups excluding carboxylic acids is 2. The van der Waals surface area contributed by atoms with E-state index in [-0.39, 0.29) is 11.8 Å². The summed E-state index contributed by atoms with van der Waals surface area (Å²) in [6.07, 6.45) is 1.08. The van der Waals surface area contributed by atoms with Crippen molar-refractivity contribution in [3.05, 3.63) is 24.3 Å². The van der Waals surface area contributed by atoms with E-state index in [0.717, 1.165) is 11.5 Å². The summed E-state index contributed by atoms with van der Waals surface area (Å²) in [6, 6.07) is 6.85. The molecule has 0 bridgehead atoms. The molecule has 0 fully saturated rings. The van der Waals surface area contributed by atoms with Crippen LogP contribution in [-0.2, 0) is 9.59 Å². The molecule has 128 valence electrons. The number of carbonyl (C=O) groups is 2. The van der Waals surface area contributed by atoms with Gasteiger partial charge in [-0.3, -0.25) is 9.59 Å². The van der Waals surface area contributed by atoms with Crippen LogP contribution in [0.3, 0.4) is 0 Å². The lowest BCUT2D eigenvalue weighted by Gasteiger charge is -2.22. The lowest BCUT2D eigenvalue weighted by atomic mass is 10.2. The Labute approximate surface area is 137 Å². The molecule has 0 saturated carbocycles. The maximum atomic E-state index is 12.1. The first-order valence-corrected chi connectivity index (χ1v) is 7.79. The maximum absolute atomic E-state index is 12.1. The van der Waals surface area contributed by atoms with Crippen molar-refractivity contribution in [2.75, 3.05) is 27.3 Å². The molecule has 1 unspecified atom stereocenters. The zero-order valence-electron chi connectivity index (χ0n) is 14.3. The summed E-state index contributed by atoms with van der Waals surface area (Å²) in [5.74, 6) is 1.33. The highest BCUT2D eigenvalue weighted by atomic mass is 16.5. The number of nitrogens with zero attached hydrogens (tertiary/aromatic N) is 1. The Kier molecular flexibility index (Phi) is 7.94. The fourth-order valence-corrected chi connectivity index (χ4v) is 2.01. The molecule has 1 N–H and O–H groups in total. The van der Waals surface area contributed by atoms with Crippen molar-refractivity contribution in [1.29, 1.82) is 0 Å². The number of hydrogen-bond donors (Lipinski definition) is 1. The third-order valence-corrected chi connectivity index (χ3v) is 3.41. The normalized spacial score (nSPS) is 11.5. The van der Waals surface area contributed by atoms with Gasteiger partial charge >= 0.3 is 0 Å². The Balaban J connectivity index is 2.28. The van der Waals surface area contributed by atoms with Crippen LogP contribution in [0, 0.1) is 0 Å². The highest BCUT2D eigenvalue weighted by Crippen LogP contribution is 2.17. The molecule has 0 aliphatic heterocycles. The number of likely N-dealkylation sites (N-methyl/N-ethyl adjacent to an activating group) is 1. The first-order chi connectivity index (χ1) is 11.0. The van der Waals surface area contributed by atoms with Crippen LogP contribution >= 0.6 is 0 Å². The minimum absolute atomic E-state index is 0.101. The van der Waals surface area contributed by atoms with Crippen LogP contribution in [0.2, 0.25) is 0 Å². The van der Waals surface area contributed by atoms with Crippen LogP contribution in [0.1, 0.15) is 26.7 Å². The van der Waals surface area contributed by atoms with Gasteiger partial charge in [-0.25, -0.2) is 0 Å². The smallest absolute Gasteiger partial charge is 0.244 e. The number of amides is 2. The second-order valence-corrected chi connectivity index (χ2v) is 5.28. The average molecular weight is 322 g/mol. The summed E-state index contributed by atoms with van der Waals surface area (Å²) in [6.45, 7) is 4.54. The first-order valence-electron chi connectivity index (χ1n) is 7.79. The van der Waals surface area contributed by atoms with Gasteiger partial charge in [0.2, 0.25) is 11.8 Å². The molecule has 6 heteroatoms. The molecule has 0 heterocycles. The topological polar surface area (TPSA) is 67.9 Å². The van der Waals surface area contributed by atoms with E-state index in [1.54, 1.807) is 32.9 Å². The average Bonchev–Trinajstić information content (AvgIpc) is 2.58. The number of methoxy groups -OCH3 is 1. The molecule has 0 aliphatic rings. The highest BCUT2D eigenvalue weighted by Gasteiger charge is 2.18. The largest absolute Gasteiger partial charge is 0.497 e. The molecule has 1 rings (SSSR count). The molecule has 1 aromatic carbocycles. The van der Waals surface area contributed by atoms with E-state index < -0.39 is 6.04 Å². The van der Waals surface area contributed by atoms with Crippen molar-refractivity contribution in [3.63, 3.8) is 0 Å². The fraction of sp³-hybridized carbons (Fsp3) is 0.529. The second kappa shape index (κ2) is 9.71. The number of nitrogens with one attached hydrogen (secondary N) is 1. The third kappa shape index (κ3) is 6.59. The predicted molar refractivity (Wildman–Crippen MR) is 88.6 cm³/mol. The number of benzene rings is 1. The predicted octanol–water partition coefficient (Wildman–Crippen LogP) is 1.84. The van der Waals surface area contributed by atoms with Gasteiger partial charge in [-0.15, -0.1) is 0 Å². The molecule has 1 aromatic rings. The SMILES string of the molecule is CCC(=O)NC(C)C(=O)N(C)CCCOc1ccc(OC)cc1. The summed E-state index contributed by atoms with van der Waals surface area (Å²) >= 11 is 0. The van der Waals surface area contributed by atoms with E-state index in [1.807, 2.05) is 24.3 Å². The molecular formula is C17H26N2O4. The second-order valence-electron chi connectivity index (χ2n) is 5.28. The van der Waals surface area contributed by atoms with Crippen molar-refractivity contribution in [2.45, 2.75) is 32.7 Å². The van der Waals surface area contributed by atoms with E-state index in [4.69, 9.17) is 9.47 Å². The van der Waals surface area contributed by atoms with Crippen LogP contribution in [0.25, 0.3) is 0 Å². The van der Waals surface area contributed by atoms with Gasteiger partial charge in [-0.05, 0) is 37.6 Å². The molecular weight excluding hydrogens is 296 g/mol. The van der Waals surface area contributed by atoms with Crippen LogP contribution in [-0.4, -0.2) is 50.1 Å². The quantitative estimate of drug-likeness (QED) is 0.704. The number of hydrogen-bond acceptors (Lipinski definition) is 4. The van der Waals surface area contributed by atoms with Gasteiger partial charge in [-0.2, -0.15) is 0 Å². The minimum atomic E-state index is -0.505. The Morgan fingerprint density at radius 2 is 1.83 bits per heavy atom. The highest BCUT2D eigenvalue weighted by molar-refractivity contribution is 5.87. The Hall–Kier alpha value is -2.24. The Morgan fingerprint density at radius 3 is 2.39 bits per heavy atom. The van der Waals surface area contributed by atoms with Crippen molar-refractivity contribution >= 4 is 11.8 Å². The van der Waals surface area contributed by atoms with E-state index in [2.05, 4.69) is 5.32 Å². The molecule has 0 spiro atoms. The molecule has 0 radical (unpaired) electrons. The van der Waals surface area contributed by atoms with Gasteiger partial charge in [0, 0.05) is 20.0 Å². The Morgan fingerprint density at radius 1 is 1.22 bits per heavy atom. The van der Waals surface area contributed by atoms with E-state index in [9.17, 15) is 9.59 Å². The molecule has 0 saturated heterocycles. The van der Waals surface area contributed by atoms with Gasteiger partial charge < -0.3 is 19.7 Å². The first kappa shape index (κ1) is 18.8. The molecule has 1 atom stereocenters. The minimum Gasteiger partial charge on any atom is -0.497 e. The molecule has 0 aromatic heterocycles. The van der Waals surface area contributed by atoms with Crippen molar-refractivity contribution in [1.82, 2.24) is 10.2 Å². The maximum Gasteiger partial charge on any atom is 0.244 e. The number of rotatable bonds is 9. The van der Waals surface area contributed by atoms with Gasteiger partial charge in [0.05, 0.1) is 13.7 Å². The zero-order valence-corrected chi connectivity index (χ0v) is 14.3. The molecule has 6 nitrogen and oxygen atoms in total. The van der Waals surface area contributed by atoms with E-state index in [0.29, 0.717) is 26.0 Å². The summed E-state index contributed by atoms with van der Waals surface area (Å²) in [7, 11) is 3.34. The molecule has 2 amide bonds. The van der Waals surface area contributed by atoms with Crippen molar-refractivity contribution < 1.29 is 19.1 Å². The van der Waals surface area contributed by atoms with Crippen molar-refractivity contribution in [2.24, 2.45) is 0 Å². The molecule has 0 aliphatic carbocycles. The number of ether oxygens (including phenoxy) is 2. The summed E-state index contributed by atoms with van der Waals surface area (Å²) in [5.41, 5.74) is 0. The Bertz CT molecular complexity index is 502. The zero-order chi connectivity index (χ0) is 17.2. The van der Waals surface area contributed by atoms with E-state index >= 15 is 0 Å². The fourth-order valence-electron chi connectivity index (χ4n) is 2.01. The van der Waals surface area contributed by atoms with Gasteiger partial charge in [0.1, 0.15) is 17.5 Å². The van der Waals surface area contributed by atoms with Crippen LogP contribution in [0.4, 0.5) is 0 Å². The monoisotopic (exact) mass is 322 g/mol. The third-order valence-electron chi connectivity index (χ3n) is 3.41. The van der Waals surface area contributed by atoms with Crippen molar-refractivity contribution in [3.8, 4) is 11.5 Å².